The molecule has 5 rings (SSSR count). The highest BCUT2D eigenvalue weighted by Gasteiger charge is 2.62. The number of fused-ring (bicyclic) bond motifs is 5. The van der Waals surface area contributed by atoms with Crippen molar-refractivity contribution in [1.29, 1.82) is 0 Å². The van der Waals surface area contributed by atoms with Gasteiger partial charge in [-0.05, 0) is 174 Å². The minimum Gasteiger partial charge on any atom is -0.393 e. The Morgan fingerprint density at radius 1 is 0.694 bits per heavy atom. The number of aliphatic hydroxyl groups excluding tert-OH is 1. The van der Waals surface area contributed by atoms with Crippen LogP contribution in [0.1, 0.15) is 136 Å². The number of rotatable bonds is 21. The highest BCUT2D eigenvalue weighted by Crippen LogP contribution is 2.68. The molecule has 0 amide bonds. The maximum atomic E-state index is 11.8. The van der Waals surface area contributed by atoms with Crippen molar-refractivity contribution in [3.63, 3.8) is 0 Å². The molecular weight excluding hydrogens is 601 g/mol. The molecule has 0 heterocycles. The van der Waals surface area contributed by atoms with Gasteiger partial charge in [-0.2, -0.15) is 0 Å². The molecule has 0 saturated heterocycles. The van der Waals surface area contributed by atoms with Crippen LogP contribution in [0.3, 0.4) is 0 Å². The average Bonchev–Trinajstić information content (AvgIpc) is 3.44. The van der Waals surface area contributed by atoms with Crippen molar-refractivity contribution >= 4 is 0 Å². The Morgan fingerprint density at radius 2 is 1.35 bits per heavy atom. The monoisotopic (exact) mass is 679 g/mol. The van der Waals surface area contributed by atoms with Crippen LogP contribution in [-0.2, 0) is 6.54 Å². The van der Waals surface area contributed by atoms with Gasteiger partial charge in [-0.1, -0.05) is 84.2 Å². The van der Waals surface area contributed by atoms with E-state index in [1.54, 1.807) is 0 Å². The lowest BCUT2D eigenvalue weighted by Gasteiger charge is -2.62. The molecule has 5 heteroatoms. The SMILES string of the molecule is CC(C)CCC[C@@H](C)[C@H]1CCC2C3C(CC[C@@]21C)[C@@]1(C)CC[C@@H](NCCCNCCCCNCCCNCc2ccccc2)C[C@@H]1C[C@@H]3O. The number of aliphatic hydroxyl groups is 1. The Balaban J connectivity index is 0.921. The molecule has 10 atom stereocenters. The van der Waals surface area contributed by atoms with Gasteiger partial charge in [0.15, 0.2) is 0 Å². The highest BCUT2D eigenvalue weighted by molar-refractivity contribution is 5.14. The molecule has 1 aromatic carbocycles. The van der Waals surface area contributed by atoms with Gasteiger partial charge in [0.25, 0.3) is 0 Å². The number of nitrogens with one attached hydrogen (secondary N) is 4. The summed E-state index contributed by atoms with van der Waals surface area (Å²) in [6.07, 6.45) is 19.5. The first-order valence-corrected chi connectivity index (χ1v) is 21.3. The molecule has 3 unspecified atom stereocenters. The fraction of sp³-hybridized carbons (Fsp3) is 0.864. The second kappa shape index (κ2) is 19.2. The van der Waals surface area contributed by atoms with Crippen LogP contribution in [-0.4, -0.2) is 56.5 Å². The number of benzene rings is 1. The van der Waals surface area contributed by atoms with E-state index in [0.717, 1.165) is 81.8 Å². The van der Waals surface area contributed by atoms with E-state index in [1.165, 1.54) is 95.5 Å². The molecule has 49 heavy (non-hydrogen) atoms. The molecule has 5 N–H and O–H groups in total. The van der Waals surface area contributed by atoms with E-state index < -0.39 is 0 Å². The summed E-state index contributed by atoms with van der Waals surface area (Å²) in [4.78, 5) is 0. The molecule has 0 bridgehead atoms. The molecule has 4 aliphatic carbocycles. The zero-order valence-corrected chi connectivity index (χ0v) is 32.6. The van der Waals surface area contributed by atoms with Gasteiger partial charge in [0, 0.05) is 12.6 Å². The first-order valence-electron chi connectivity index (χ1n) is 21.3. The van der Waals surface area contributed by atoms with Gasteiger partial charge < -0.3 is 26.4 Å². The fourth-order valence-electron chi connectivity index (χ4n) is 11.9. The maximum Gasteiger partial charge on any atom is 0.0577 e. The lowest BCUT2D eigenvalue weighted by atomic mass is 9.43. The van der Waals surface area contributed by atoms with Crippen LogP contribution >= 0.6 is 0 Å². The molecule has 1 aromatic rings. The molecule has 0 aromatic heterocycles. The van der Waals surface area contributed by atoms with Gasteiger partial charge in [-0.15, -0.1) is 0 Å². The lowest BCUT2D eigenvalue weighted by molar-refractivity contribution is -0.167. The quantitative estimate of drug-likeness (QED) is 0.0844. The van der Waals surface area contributed by atoms with E-state index >= 15 is 0 Å². The van der Waals surface area contributed by atoms with Crippen LogP contribution in [0.25, 0.3) is 0 Å². The van der Waals surface area contributed by atoms with E-state index in [0.29, 0.717) is 28.7 Å². The van der Waals surface area contributed by atoms with E-state index in [9.17, 15) is 5.11 Å². The van der Waals surface area contributed by atoms with Gasteiger partial charge in [-0.25, -0.2) is 0 Å². The van der Waals surface area contributed by atoms with Crippen LogP contribution in [0.4, 0.5) is 0 Å². The summed E-state index contributed by atoms with van der Waals surface area (Å²) in [6.45, 7) is 20.2. The van der Waals surface area contributed by atoms with E-state index in [1.807, 2.05) is 0 Å². The summed E-state index contributed by atoms with van der Waals surface area (Å²) in [5.41, 5.74) is 2.24. The largest absolute Gasteiger partial charge is 0.393 e. The molecule has 0 radical (unpaired) electrons. The third kappa shape index (κ3) is 10.3. The van der Waals surface area contributed by atoms with E-state index in [2.05, 4.69) is 86.2 Å². The summed E-state index contributed by atoms with van der Waals surface area (Å²) < 4.78 is 0. The minimum absolute atomic E-state index is 0.0808. The number of hydrogen-bond acceptors (Lipinski definition) is 5. The van der Waals surface area contributed by atoms with Crippen molar-refractivity contribution in [2.45, 2.75) is 150 Å². The molecule has 0 aliphatic heterocycles. The molecular formula is C44H78N4O. The minimum atomic E-state index is -0.0808. The molecule has 0 spiro atoms. The van der Waals surface area contributed by atoms with Crippen molar-refractivity contribution < 1.29 is 5.11 Å². The van der Waals surface area contributed by atoms with Crippen LogP contribution in [0, 0.1) is 52.3 Å². The molecule has 4 aliphatic rings. The van der Waals surface area contributed by atoms with Gasteiger partial charge in [0.05, 0.1) is 6.10 Å². The summed E-state index contributed by atoms with van der Waals surface area (Å²) in [6, 6.07) is 11.3. The Morgan fingerprint density at radius 3 is 2.08 bits per heavy atom. The van der Waals surface area contributed by atoms with Crippen LogP contribution in [0.2, 0.25) is 0 Å². The number of hydrogen-bond donors (Lipinski definition) is 5. The zero-order valence-electron chi connectivity index (χ0n) is 32.6. The average molecular weight is 679 g/mol. The van der Waals surface area contributed by atoms with Crippen molar-refractivity contribution in [2.75, 3.05) is 39.3 Å². The standard InChI is InChI=1S/C44H78N4O/c1-33(2)14-11-15-34(3)38-18-19-39-42-40(21-23-44(38,39)5)43(4)22-20-37(30-36(43)31-41(42)49)48-29-13-27-46-25-10-9-24-45-26-12-28-47-32-35-16-7-6-8-17-35/h6-8,16-17,33-34,36-42,45-49H,9-15,18-32H2,1-5H3/t34-,36-,37-,38-,39?,40?,41+,42?,43+,44-/m1/s1. The second-order valence-electron chi connectivity index (χ2n) is 18.3. The van der Waals surface area contributed by atoms with Gasteiger partial charge >= 0.3 is 0 Å². The Hall–Kier alpha value is -0.980. The summed E-state index contributed by atoms with van der Waals surface area (Å²) in [5, 5.41) is 26.6. The second-order valence-corrected chi connectivity index (χ2v) is 18.3. The predicted molar refractivity (Wildman–Crippen MR) is 209 cm³/mol. The zero-order chi connectivity index (χ0) is 34.7. The fourth-order valence-corrected chi connectivity index (χ4v) is 11.9. The lowest BCUT2D eigenvalue weighted by Crippen LogP contribution is -2.59. The van der Waals surface area contributed by atoms with Gasteiger partial charge in [0.1, 0.15) is 0 Å². The van der Waals surface area contributed by atoms with E-state index in [-0.39, 0.29) is 6.10 Å². The summed E-state index contributed by atoms with van der Waals surface area (Å²) in [5.74, 6) is 5.23. The molecule has 5 nitrogen and oxygen atoms in total. The first-order chi connectivity index (χ1) is 23.7. The third-order valence-electron chi connectivity index (χ3n) is 14.7. The smallest absolute Gasteiger partial charge is 0.0577 e. The summed E-state index contributed by atoms with van der Waals surface area (Å²) >= 11 is 0. The topological polar surface area (TPSA) is 68.3 Å². The van der Waals surface area contributed by atoms with Gasteiger partial charge in [-0.3, -0.25) is 0 Å². The molecule has 4 saturated carbocycles. The normalized spacial score (nSPS) is 34.8. The highest BCUT2D eigenvalue weighted by atomic mass is 16.3. The van der Waals surface area contributed by atoms with Crippen molar-refractivity contribution in [3.8, 4) is 0 Å². The van der Waals surface area contributed by atoms with Crippen LogP contribution in [0.15, 0.2) is 30.3 Å². The van der Waals surface area contributed by atoms with Crippen molar-refractivity contribution in [2.24, 2.45) is 52.3 Å². The Bertz CT molecular complexity index is 1070. The Labute approximate surface area is 302 Å². The molecule has 280 valence electrons. The Kier molecular flexibility index (Phi) is 15.4. The van der Waals surface area contributed by atoms with Crippen molar-refractivity contribution in [3.05, 3.63) is 35.9 Å². The van der Waals surface area contributed by atoms with Crippen LogP contribution < -0.4 is 21.3 Å². The third-order valence-corrected chi connectivity index (χ3v) is 14.7. The van der Waals surface area contributed by atoms with Crippen molar-refractivity contribution in [1.82, 2.24) is 21.3 Å². The maximum absolute atomic E-state index is 11.8. The predicted octanol–water partition coefficient (Wildman–Crippen LogP) is 8.57. The molecule has 4 fully saturated rings. The van der Waals surface area contributed by atoms with E-state index in [4.69, 9.17) is 0 Å². The number of unbranched alkanes of at least 4 members (excludes halogenated alkanes) is 1. The van der Waals surface area contributed by atoms with Gasteiger partial charge in [0.2, 0.25) is 0 Å². The first kappa shape index (κ1) is 39.2. The van der Waals surface area contributed by atoms with Crippen LogP contribution in [0.5, 0.6) is 0 Å². The summed E-state index contributed by atoms with van der Waals surface area (Å²) in [7, 11) is 0.